The number of phosphoric acid groups is 1. The molecule has 2 radical (unpaired) electrons. The predicted molar refractivity (Wildman–Crippen MR) is 11.3 cm³/mol. The molecule has 0 aliphatic carbocycles. The second-order valence-electron chi connectivity index (χ2n) is 0.529. The third-order valence-corrected chi connectivity index (χ3v) is 0.300. The van der Waals surface area contributed by atoms with Gasteiger partial charge in [-0.15, -0.1) is 0 Å². The Morgan fingerprint density at radius 1 is 1.44 bits per heavy atom. The largest absolute Gasteiger partial charge is 3.00 e. The van der Waals surface area contributed by atoms with Gasteiger partial charge in [-0.2, -0.15) is 0 Å². The van der Waals surface area contributed by atoms with E-state index in [9.17, 15) is 0 Å². The van der Waals surface area contributed by atoms with Crippen LogP contribution in [0.25, 0.3) is 0 Å². The molecule has 0 spiro atoms. The molecule has 0 atom stereocenters. The van der Waals surface area contributed by atoms with Gasteiger partial charge in [0, 0.05) is 0 Å². The average Bonchev–Trinajstić information content (AvgIpc) is 1.35. The fraction of sp³-hybridized carbons (Fsp3) is 0. The van der Waals surface area contributed by atoms with Crippen LogP contribution in [0.2, 0.25) is 0 Å². The zero-order chi connectivity index (χ0) is 5.21. The maximum atomic E-state index is 9.00. The van der Waals surface area contributed by atoms with E-state index in [0.717, 1.165) is 0 Å². The van der Waals surface area contributed by atoms with Crippen molar-refractivity contribution in [3.05, 3.63) is 0 Å². The number of hydrogen-bond acceptors (Lipinski definition) is 5. The van der Waals surface area contributed by atoms with Gasteiger partial charge in [0.25, 0.3) is 0 Å². The van der Waals surface area contributed by atoms with E-state index in [4.69, 9.17) is 19.6 Å². The Labute approximate surface area is 83.4 Å². The Hall–Kier alpha value is 1.64. The van der Waals surface area contributed by atoms with Gasteiger partial charge in [-0.05, 0) is 0 Å². The van der Waals surface area contributed by atoms with E-state index >= 15 is 0 Å². The molecule has 0 aromatic heterocycles. The molecule has 0 aromatic carbocycles. The van der Waals surface area contributed by atoms with E-state index in [-0.39, 0.29) is 51.5 Å². The van der Waals surface area contributed by atoms with E-state index in [2.05, 4.69) is 4.67 Å². The van der Waals surface area contributed by atoms with Crippen LogP contribution in [-0.4, -0.2) is 5.26 Å². The van der Waals surface area contributed by atoms with E-state index in [0.29, 0.717) is 0 Å². The second-order valence-corrected chi connectivity index (χ2v) is 1.59. The molecule has 0 amide bonds. The van der Waals surface area contributed by atoms with Gasteiger partial charge in [-0.1, -0.05) is 0 Å². The van der Waals surface area contributed by atoms with Crippen molar-refractivity contribution in [3.63, 3.8) is 0 Å². The van der Waals surface area contributed by atoms with E-state index in [1.807, 2.05) is 0 Å². The molecule has 5 nitrogen and oxygen atoms in total. The zero-order valence-electron chi connectivity index (χ0n) is 3.59. The van der Waals surface area contributed by atoms with Gasteiger partial charge in [0.2, 0.25) is 0 Å². The van der Waals surface area contributed by atoms with Crippen molar-refractivity contribution < 1.29 is 75.8 Å². The summed E-state index contributed by atoms with van der Waals surface area (Å²) in [6.45, 7) is 0. The minimum absolute atomic E-state index is 0. The molecule has 0 aliphatic heterocycles. The van der Waals surface area contributed by atoms with Gasteiger partial charge in [-0.25, -0.2) is 9.93 Å². The molecule has 0 aliphatic rings. The third-order valence-electron chi connectivity index (χ3n) is 0.100. The smallest absolute Gasteiger partial charge is 0.788 e. The van der Waals surface area contributed by atoms with E-state index < -0.39 is 7.82 Å². The second kappa shape index (κ2) is 9.64. The zero-order valence-corrected chi connectivity index (χ0v) is 7.81. The third kappa shape index (κ3) is 26.1. The summed E-state index contributed by atoms with van der Waals surface area (Å²) < 4.78 is 11.4. The summed E-state index contributed by atoms with van der Waals surface area (Å²) in [7, 11) is -5.09. The molecular formula is HCrCuFeO5P+5. The summed E-state index contributed by atoms with van der Waals surface area (Å²) in [5.41, 5.74) is 0. The Morgan fingerprint density at radius 2 is 1.56 bits per heavy atom. The first kappa shape index (κ1) is 22.4. The summed E-state index contributed by atoms with van der Waals surface area (Å²) in [5, 5.41) is 7.01. The van der Waals surface area contributed by atoms with Crippen LogP contribution >= 0.6 is 7.82 Å². The van der Waals surface area contributed by atoms with Crippen molar-refractivity contribution in [2.45, 2.75) is 0 Å². The molecule has 1 N–H and O–H groups in total. The maximum absolute atomic E-state index is 9.00. The first-order valence-electron chi connectivity index (χ1n) is 0.913. The van der Waals surface area contributed by atoms with Gasteiger partial charge in [0.05, 0.1) is 7.82 Å². The average molecular weight is 283 g/mol. The van der Waals surface area contributed by atoms with Gasteiger partial charge in [0.1, 0.15) is 0 Å². The summed E-state index contributed by atoms with van der Waals surface area (Å²) >= 11 is 0. The molecule has 0 heterocycles. The van der Waals surface area contributed by atoms with Crippen molar-refractivity contribution >= 4 is 7.82 Å². The Bertz CT molecular complexity index is 81.0. The van der Waals surface area contributed by atoms with Crippen LogP contribution in [0.1, 0.15) is 0 Å². The van der Waals surface area contributed by atoms with Crippen LogP contribution in [-0.2, 0) is 60.7 Å². The molecular weight excluding hydrogens is 282 g/mol. The number of rotatable bonds is 1. The minimum atomic E-state index is -5.09. The molecule has 0 unspecified atom stereocenters. The molecule has 9 heteroatoms. The molecule has 0 saturated heterocycles. The van der Waals surface area contributed by atoms with Crippen molar-refractivity contribution in [2.75, 3.05) is 0 Å². The number of hydrogen-bond donors (Lipinski definition) is 1. The van der Waals surface area contributed by atoms with Crippen LogP contribution in [0.4, 0.5) is 0 Å². The topological polar surface area (TPSA) is 92.7 Å². The van der Waals surface area contributed by atoms with Gasteiger partial charge in [-0.3, -0.25) is 0 Å². The van der Waals surface area contributed by atoms with Crippen molar-refractivity contribution in [1.82, 2.24) is 0 Å². The Balaban J connectivity index is -0.0000000417. The van der Waals surface area contributed by atoms with Crippen LogP contribution in [0.15, 0.2) is 0 Å². The van der Waals surface area contributed by atoms with Gasteiger partial charge < -0.3 is 14.4 Å². The van der Waals surface area contributed by atoms with Crippen molar-refractivity contribution in [2.24, 2.45) is 0 Å². The molecule has 9 heavy (non-hydrogen) atoms. The molecule has 0 rings (SSSR count). The fourth-order valence-electron chi connectivity index (χ4n) is 0. The van der Waals surface area contributed by atoms with E-state index in [1.54, 1.807) is 0 Å². The molecule has 56 valence electrons. The predicted octanol–water partition coefficient (Wildman–Crippen LogP) is -1.70. The van der Waals surface area contributed by atoms with Crippen LogP contribution in [0, 0.1) is 0 Å². The van der Waals surface area contributed by atoms with Crippen LogP contribution < -0.4 is 9.79 Å². The Morgan fingerprint density at radius 3 is 1.56 bits per heavy atom. The van der Waals surface area contributed by atoms with Crippen molar-refractivity contribution in [3.8, 4) is 0 Å². The van der Waals surface area contributed by atoms with Crippen LogP contribution in [0.3, 0.4) is 0 Å². The van der Waals surface area contributed by atoms with Crippen LogP contribution in [0.5, 0.6) is 0 Å². The van der Waals surface area contributed by atoms with Crippen molar-refractivity contribution in [1.29, 1.82) is 0 Å². The Kier molecular flexibility index (Phi) is 24.0. The van der Waals surface area contributed by atoms with E-state index in [1.165, 1.54) is 0 Å². The molecule has 0 bridgehead atoms. The fourth-order valence-corrected chi connectivity index (χ4v) is 0. The molecule has 0 fully saturated rings. The van der Waals surface area contributed by atoms with Gasteiger partial charge in [0.15, 0.2) is 0 Å². The quantitative estimate of drug-likeness (QED) is 0.268. The molecule has 0 aromatic rings. The molecule has 0 saturated carbocycles. The van der Waals surface area contributed by atoms with Gasteiger partial charge >= 0.3 is 51.5 Å². The summed E-state index contributed by atoms with van der Waals surface area (Å²) in [5.74, 6) is 0. The summed E-state index contributed by atoms with van der Waals surface area (Å²) in [6, 6.07) is 0. The first-order chi connectivity index (χ1) is 2.56. The minimum Gasteiger partial charge on any atom is -0.788 e. The SMILES string of the molecule is O=P([O-])([O-])OO.[Cr+3].[Cu+2].[Fe+2]. The summed E-state index contributed by atoms with van der Waals surface area (Å²) in [4.78, 5) is 18.0. The monoisotopic (exact) mass is 283 g/mol. The normalized spacial score (nSPS) is 7.89. The summed E-state index contributed by atoms with van der Waals surface area (Å²) in [6.07, 6.45) is 0. The standard InChI is InChI=1S/Cr.Cu.Fe.H3O5P/c;;;1-5-6(2,3)4/h;;;1H,(H2,2,3,4)/q+3;2*+2;/p-2. The maximum Gasteiger partial charge on any atom is 3.00 e. The first-order valence-corrected chi connectivity index (χ1v) is 2.37.